The maximum Gasteiger partial charge on any atom is 0.254 e. The number of carbonyl (C=O) groups excluding carboxylic acids is 2. The molecule has 9 heteroatoms. The van der Waals surface area contributed by atoms with Crippen molar-refractivity contribution in [1.82, 2.24) is 20.1 Å². The Balaban J connectivity index is 1.27. The number of hydrogen-bond acceptors (Lipinski definition) is 6. The van der Waals surface area contributed by atoms with Gasteiger partial charge in [-0.05, 0) is 43.7 Å². The molecule has 190 valence electrons. The van der Waals surface area contributed by atoms with E-state index in [4.69, 9.17) is 0 Å². The second-order valence-electron chi connectivity index (χ2n) is 9.15. The number of hydrogen-bond donors (Lipinski definition) is 2. The molecule has 0 fully saturated rings. The summed E-state index contributed by atoms with van der Waals surface area (Å²) in [7, 11) is 1.90. The molecule has 7 nitrogen and oxygen atoms in total. The smallest absolute Gasteiger partial charge is 0.254 e. The standard InChI is InChI=1S/C28H29N5O2S2/c1-18-12-14-20(15-13-18)25-31-32-28(33(25)2)36-17-23(34)30-27-24(21-10-6-7-11-22(21)37-27)26(35)29-16-19-8-4-3-5-9-19/h3-5,8-9,12-15H,6-7,10-11,16-17H2,1-2H3,(H,29,35)(H,30,34). The first-order valence-corrected chi connectivity index (χ1v) is 14.2. The van der Waals surface area contributed by atoms with Gasteiger partial charge in [0.1, 0.15) is 5.00 Å². The lowest BCUT2D eigenvalue weighted by molar-refractivity contribution is -0.113. The van der Waals surface area contributed by atoms with E-state index in [0.29, 0.717) is 22.3 Å². The number of thiophene rings is 1. The number of anilines is 1. The minimum atomic E-state index is -0.166. The zero-order chi connectivity index (χ0) is 25.8. The highest BCUT2D eigenvalue weighted by Gasteiger charge is 2.26. The number of nitrogens with zero attached hydrogens (tertiary/aromatic N) is 3. The third-order valence-electron chi connectivity index (χ3n) is 6.42. The van der Waals surface area contributed by atoms with Crippen LogP contribution in [0, 0.1) is 6.92 Å². The van der Waals surface area contributed by atoms with Crippen molar-refractivity contribution < 1.29 is 9.59 Å². The van der Waals surface area contributed by atoms with E-state index in [1.165, 1.54) is 33.5 Å². The number of fused-ring (bicyclic) bond motifs is 1. The van der Waals surface area contributed by atoms with Gasteiger partial charge in [0, 0.05) is 24.0 Å². The zero-order valence-corrected chi connectivity index (χ0v) is 22.5. The largest absolute Gasteiger partial charge is 0.348 e. The maximum absolute atomic E-state index is 13.3. The third kappa shape index (κ3) is 5.78. The molecule has 1 aliphatic rings. The van der Waals surface area contributed by atoms with Crippen molar-refractivity contribution in [3.63, 3.8) is 0 Å². The number of rotatable bonds is 8. The predicted molar refractivity (Wildman–Crippen MR) is 149 cm³/mol. The molecule has 2 heterocycles. The van der Waals surface area contributed by atoms with Crippen molar-refractivity contribution in [2.75, 3.05) is 11.1 Å². The molecule has 0 saturated heterocycles. The van der Waals surface area contributed by atoms with Gasteiger partial charge in [-0.1, -0.05) is 71.9 Å². The lowest BCUT2D eigenvalue weighted by Gasteiger charge is -2.13. The van der Waals surface area contributed by atoms with Crippen LogP contribution in [0.4, 0.5) is 5.00 Å². The highest BCUT2D eigenvalue weighted by atomic mass is 32.2. The van der Waals surface area contributed by atoms with Crippen LogP contribution in [-0.2, 0) is 31.2 Å². The molecule has 0 spiro atoms. The van der Waals surface area contributed by atoms with Crippen molar-refractivity contribution >= 4 is 39.9 Å². The Morgan fingerprint density at radius 1 is 1.03 bits per heavy atom. The first-order valence-electron chi connectivity index (χ1n) is 12.4. The Labute approximate surface area is 224 Å². The summed E-state index contributed by atoms with van der Waals surface area (Å²) in [6.07, 6.45) is 3.98. The SMILES string of the molecule is Cc1ccc(-c2nnc(SCC(=O)Nc3sc4c(c3C(=O)NCc3ccccc3)CCCC4)n2C)cc1. The fourth-order valence-electron chi connectivity index (χ4n) is 4.45. The summed E-state index contributed by atoms with van der Waals surface area (Å²) in [4.78, 5) is 27.4. The molecule has 0 aliphatic heterocycles. The van der Waals surface area contributed by atoms with E-state index in [2.05, 4.69) is 20.8 Å². The van der Waals surface area contributed by atoms with Crippen molar-refractivity contribution in [2.45, 2.75) is 44.3 Å². The van der Waals surface area contributed by atoms with Gasteiger partial charge in [0.05, 0.1) is 11.3 Å². The Morgan fingerprint density at radius 3 is 2.57 bits per heavy atom. The molecule has 2 amide bonds. The van der Waals surface area contributed by atoms with Crippen LogP contribution in [0.3, 0.4) is 0 Å². The lowest BCUT2D eigenvalue weighted by atomic mass is 9.95. The number of nitrogens with one attached hydrogen (secondary N) is 2. The Morgan fingerprint density at radius 2 is 1.78 bits per heavy atom. The topological polar surface area (TPSA) is 88.9 Å². The third-order valence-corrected chi connectivity index (χ3v) is 8.65. The summed E-state index contributed by atoms with van der Waals surface area (Å²) in [5.41, 5.74) is 4.90. The molecule has 0 unspecified atom stereocenters. The molecule has 4 aromatic rings. The summed E-state index contributed by atoms with van der Waals surface area (Å²) in [6, 6.07) is 18.0. The molecule has 0 bridgehead atoms. The van der Waals surface area contributed by atoms with E-state index in [1.807, 2.05) is 73.1 Å². The fraction of sp³-hybridized carbons (Fsp3) is 0.286. The average molecular weight is 532 g/mol. The summed E-state index contributed by atoms with van der Waals surface area (Å²) in [5.74, 6) is 0.627. The van der Waals surface area contributed by atoms with E-state index in [1.54, 1.807) is 0 Å². The van der Waals surface area contributed by atoms with Gasteiger partial charge in [-0.25, -0.2) is 0 Å². The predicted octanol–water partition coefficient (Wildman–Crippen LogP) is 5.39. The summed E-state index contributed by atoms with van der Waals surface area (Å²) in [5, 5.41) is 16.0. The van der Waals surface area contributed by atoms with Crippen molar-refractivity contribution in [3.05, 3.63) is 81.7 Å². The maximum atomic E-state index is 13.3. The number of carbonyl (C=O) groups is 2. The van der Waals surface area contributed by atoms with Gasteiger partial charge in [0.2, 0.25) is 5.91 Å². The molecular formula is C28H29N5O2S2. The van der Waals surface area contributed by atoms with Crippen LogP contribution in [0.5, 0.6) is 0 Å². The van der Waals surface area contributed by atoms with E-state index in [0.717, 1.165) is 48.2 Å². The molecule has 1 aliphatic carbocycles. The van der Waals surface area contributed by atoms with E-state index in [9.17, 15) is 9.59 Å². The van der Waals surface area contributed by atoms with Crippen LogP contribution in [0.15, 0.2) is 59.8 Å². The summed E-state index contributed by atoms with van der Waals surface area (Å²) in [6.45, 7) is 2.49. The Hall–Kier alpha value is -3.43. The highest BCUT2D eigenvalue weighted by Crippen LogP contribution is 2.38. The van der Waals surface area contributed by atoms with E-state index in [-0.39, 0.29) is 17.6 Å². The van der Waals surface area contributed by atoms with Crippen molar-refractivity contribution in [2.24, 2.45) is 7.05 Å². The average Bonchev–Trinajstić information content (AvgIpc) is 3.46. The summed E-state index contributed by atoms with van der Waals surface area (Å²) < 4.78 is 1.90. The monoisotopic (exact) mass is 531 g/mol. The molecule has 0 atom stereocenters. The highest BCUT2D eigenvalue weighted by molar-refractivity contribution is 7.99. The van der Waals surface area contributed by atoms with Crippen LogP contribution in [0.2, 0.25) is 0 Å². The van der Waals surface area contributed by atoms with E-state index >= 15 is 0 Å². The van der Waals surface area contributed by atoms with Crippen LogP contribution in [-0.4, -0.2) is 32.3 Å². The molecule has 2 aromatic heterocycles. The second-order valence-corrected chi connectivity index (χ2v) is 11.2. The fourth-order valence-corrected chi connectivity index (χ4v) is 6.46. The van der Waals surface area contributed by atoms with Crippen LogP contribution < -0.4 is 10.6 Å². The van der Waals surface area contributed by atoms with Gasteiger partial charge < -0.3 is 15.2 Å². The van der Waals surface area contributed by atoms with Gasteiger partial charge in [-0.2, -0.15) is 0 Å². The van der Waals surface area contributed by atoms with Gasteiger partial charge in [-0.15, -0.1) is 21.5 Å². The minimum Gasteiger partial charge on any atom is -0.348 e. The Bertz CT molecular complexity index is 1410. The number of aromatic nitrogens is 3. The molecule has 2 aromatic carbocycles. The lowest BCUT2D eigenvalue weighted by Crippen LogP contribution is -2.25. The van der Waals surface area contributed by atoms with Gasteiger partial charge >= 0.3 is 0 Å². The van der Waals surface area contributed by atoms with Crippen LogP contribution >= 0.6 is 23.1 Å². The molecular weight excluding hydrogens is 502 g/mol. The molecule has 2 N–H and O–H groups in total. The van der Waals surface area contributed by atoms with Crippen LogP contribution in [0.25, 0.3) is 11.4 Å². The number of amides is 2. The first kappa shape index (κ1) is 25.2. The molecule has 0 saturated carbocycles. The quantitative estimate of drug-likeness (QED) is 0.298. The number of aryl methyl sites for hydroxylation is 2. The number of thioether (sulfide) groups is 1. The normalized spacial score (nSPS) is 12.7. The van der Waals surface area contributed by atoms with Crippen molar-refractivity contribution in [1.29, 1.82) is 0 Å². The Kier molecular flexibility index (Phi) is 7.71. The van der Waals surface area contributed by atoms with Crippen molar-refractivity contribution in [3.8, 4) is 11.4 Å². The zero-order valence-electron chi connectivity index (χ0n) is 20.9. The van der Waals surface area contributed by atoms with Crippen LogP contribution in [0.1, 0.15) is 44.8 Å². The number of benzene rings is 2. The minimum absolute atomic E-state index is 0.137. The van der Waals surface area contributed by atoms with Gasteiger partial charge in [0.15, 0.2) is 11.0 Å². The molecule has 37 heavy (non-hydrogen) atoms. The van der Waals surface area contributed by atoms with Gasteiger partial charge in [-0.3, -0.25) is 9.59 Å². The molecule has 0 radical (unpaired) electrons. The summed E-state index contributed by atoms with van der Waals surface area (Å²) >= 11 is 2.86. The second kappa shape index (κ2) is 11.3. The first-order chi connectivity index (χ1) is 18.0. The van der Waals surface area contributed by atoms with Gasteiger partial charge in [0.25, 0.3) is 5.91 Å². The van der Waals surface area contributed by atoms with E-state index < -0.39 is 0 Å². The molecule has 5 rings (SSSR count).